The summed E-state index contributed by atoms with van der Waals surface area (Å²) in [6.07, 6.45) is 0. The summed E-state index contributed by atoms with van der Waals surface area (Å²) >= 11 is 0. The van der Waals surface area contributed by atoms with Crippen LogP contribution in [0.5, 0.6) is 23.0 Å². The van der Waals surface area contributed by atoms with E-state index in [1.807, 2.05) is 20.8 Å². The summed E-state index contributed by atoms with van der Waals surface area (Å²) in [5.74, 6) is 1.05. The van der Waals surface area contributed by atoms with E-state index in [2.05, 4.69) is 10.1 Å². The third kappa shape index (κ3) is 6.51. The van der Waals surface area contributed by atoms with E-state index in [0.29, 0.717) is 42.6 Å². The van der Waals surface area contributed by atoms with Crippen molar-refractivity contribution in [2.45, 2.75) is 33.9 Å². The summed E-state index contributed by atoms with van der Waals surface area (Å²) in [6.45, 7) is 4.11. The minimum atomic E-state index is -2.88. The Labute approximate surface area is 168 Å². The fraction of sp³-hybridized carbons (Fsp3) is 0.381. The van der Waals surface area contributed by atoms with Gasteiger partial charge in [0.1, 0.15) is 5.75 Å². The van der Waals surface area contributed by atoms with E-state index in [-0.39, 0.29) is 18.2 Å². The lowest BCUT2D eigenvalue weighted by molar-refractivity contribution is -0.0498. The molecule has 0 heterocycles. The zero-order valence-corrected chi connectivity index (χ0v) is 16.7. The molecule has 0 radical (unpaired) electrons. The highest BCUT2D eigenvalue weighted by Crippen LogP contribution is 2.39. The number of rotatable bonds is 11. The zero-order valence-electron chi connectivity index (χ0n) is 16.7. The van der Waals surface area contributed by atoms with Gasteiger partial charge in [-0.1, -0.05) is 12.1 Å². The molecule has 0 saturated carbocycles. The number of carbonyl (C=O) groups excluding carboxylic acids is 1. The summed E-state index contributed by atoms with van der Waals surface area (Å²) in [6, 6.07) is 9.26. The number of halogens is 2. The lowest BCUT2D eigenvalue weighted by Crippen LogP contribution is -2.23. The van der Waals surface area contributed by atoms with Gasteiger partial charge in [0.25, 0.3) is 5.91 Å². The Morgan fingerprint density at radius 2 is 1.48 bits per heavy atom. The van der Waals surface area contributed by atoms with E-state index in [0.717, 1.165) is 5.56 Å². The summed E-state index contributed by atoms with van der Waals surface area (Å²) in [4.78, 5) is 12.6. The monoisotopic (exact) mass is 409 g/mol. The maximum Gasteiger partial charge on any atom is 0.387 e. The molecule has 0 fully saturated rings. The van der Waals surface area contributed by atoms with Crippen LogP contribution in [-0.4, -0.2) is 32.3 Å². The van der Waals surface area contributed by atoms with Crippen LogP contribution in [0.1, 0.15) is 36.7 Å². The first kappa shape index (κ1) is 22.3. The van der Waals surface area contributed by atoms with E-state index in [9.17, 15) is 13.6 Å². The summed E-state index contributed by atoms with van der Waals surface area (Å²) < 4.78 is 45.6. The van der Waals surface area contributed by atoms with E-state index in [4.69, 9.17) is 14.2 Å². The highest BCUT2D eigenvalue weighted by Gasteiger charge is 2.18. The molecule has 1 amide bonds. The molecule has 29 heavy (non-hydrogen) atoms. The normalized spacial score (nSPS) is 10.6. The van der Waals surface area contributed by atoms with Gasteiger partial charge in [-0.05, 0) is 50.6 Å². The number of ether oxygens (including phenoxy) is 4. The molecule has 1 N–H and O–H groups in total. The van der Waals surface area contributed by atoms with Gasteiger partial charge in [0, 0.05) is 12.1 Å². The van der Waals surface area contributed by atoms with Crippen molar-refractivity contribution in [2.24, 2.45) is 0 Å². The van der Waals surface area contributed by atoms with Crippen molar-refractivity contribution in [1.82, 2.24) is 5.32 Å². The van der Waals surface area contributed by atoms with E-state index >= 15 is 0 Å². The van der Waals surface area contributed by atoms with Crippen molar-refractivity contribution in [3.05, 3.63) is 47.5 Å². The van der Waals surface area contributed by atoms with Gasteiger partial charge in [0.05, 0.1) is 19.8 Å². The molecule has 0 atom stereocenters. The van der Waals surface area contributed by atoms with Gasteiger partial charge < -0.3 is 24.3 Å². The topological polar surface area (TPSA) is 66.0 Å². The summed E-state index contributed by atoms with van der Waals surface area (Å²) in [7, 11) is 0. The number of hydrogen-bond acceptors (Lipinski definition) is 5. The van der Waals surface area contributed by atoms with Crippen LogP contribution in [0.15, 0.2) is 36.4 Å². The van der Waals surface area contributed by atoms with Gasteiger partial charge >= 0.3 is 6.61 Å². The van der Waals surface area contributed by atoms with Crippen LogP contribution < -0.4 is 24.3 Å². The van der Waals surface area contributed by atoms with Gasteiger partial charge in [-0.15, -0.1) is 0 Å². The Hall–Kier alpha value is -3.03. The highest BCUT2D eigenvalue weighted by molar-refractivity contribution is 5.95. The van der Waals surface area contributed by atoms with Crippen molar-refractivity contribution in [3.8, 4) is 23.0 Å². The first-order valence-electron chi connectivity index (χ1n) is 9.36. The molecule has 0 spiro atoms. The van der Waals surface area contributed by atoms with Crippen molar-refractivity contribution < 1.29 is 32.5 Å². The SMILES string of the molecule is CCOc1cc(C(=O)NCc2ccc(OC(F)F)cc2)cc(OCC)c1OCC. The Morgan fingerprint density at radius 3 is 1.97 bits per heavy atom. The Bertz CT molecular complexity index is 769. The highest BCUT2D eigenvalue weighted by atomic mass is 19.3. The average Bonchev–Trinajstić information content (AvgIpc) is 2.69. The Balaban J connectivity index is 2.14. The predicted molar refractivity (Wildman–Crippen MR) is 104 cm³/mol. The van der Waals surface area contributed by atoms with Crippen molar-refractivity contribution in [3.63, 3.8) is 0 Å². The largest absolute Gasteiger partial charge is 0.490 e. The van der Waals surface area contributed by atoms with Crippen LogP contribution in [-0.2, 0) is 6.54 Å². The van der Waals surface area contributed by atoms with Crippen molar-refractivity contribution in [2.75, 3.05) is 19.8 Å². The maximum atomic E-state index is 12.6. The first-order chi connectivity index (χ1) is 14.0. The van der Waals surface area contributed by atoms with Crippen LogP contribution >= 0.6 is 0 Å². The van der Waals surface area contributed by atoms with E-state index < -0.39 is 6.61 Å². The Kier molecular flexibility index (Phi) is 8.51. The smallest absolute Gasteiger partial charge is 0.387 e. The number of benzene rings is 2. The van der Waals surface area contributed by atoms with Gasteiger partial charge in [-0.25, -0.2) is 0 Å². The Morgan fingerprint density at radius 1 is 0.931 bits per heavy atom. The predicted octanol–water partition coefficient (Wildman–Crippen LogP) is 4.41. The van der Waals surface area contributed by atoms with Crippen LogP contribution in [0.4, 0.5) is 8.78 Å². The minimum Gasteiger partial charge on any atom is -0.490 e. The summed E-state index contributed by atoms with van der Waals surface area (Å²) in [5.41, 5.74) is 1.10. The van der Waals surface area contributed by atoms with Crippen LogP contribution in [0.25, 0.3) is 0 Å². The van der Waals surface area contributed by atoms with E-state index in [1.54, 1.807) is 24.3 Å². The molecule has 0 aliphatic heterocycles. The second-order valence-electron chi connectivity index (χ2n) is 5.81. The summed E-state index contributed by atoms with van der Waals surface area (Å²) in [5, 5.41) is 2.79. The maximum absolute atomic E-state index is 12.6. The molecule has 2 aromatic rings. The quantitative estimate of drug-likeness (QED) is 0.595. The third-order valence-corrected chi connectivity index (χ3v) is 3.77. The molecule has 6 nitrogen and oxygen atoms in total. The molecule has 0 aromatic heterocycles. The molecule has 0 aliphatic rings. The third-order valence-electron chi connectivity index (χ3n) is 3.77. The van der Waals surface area contributed by atoms with Gasteiger partial charge in [-0.3, -0.25) is 4.79 Å². The second kappa shape index (κ2) is 11.1. The van der Waals surface area contributed by atoms with E-state index in [1.165, 1.54) is 12.1 Å². The molecule has 0 bridgehead atoms. The molecular weight excluding hydrogens is 384 g/mol. The zero-order chi connectivity index (χ0) is 21.2. The second-order valence-corrected chi connectivity index (χ2v) is 5.81. The van der Waals surface area contributed by atoms with Crippen LogP contribution in [0.2, 0.25) is 0 Å². The fourth-order valence-electron chi connectivity index (χ4n) is 2.59. The van der Waals surface area contributed by atoms with Crippen molar-refractivity contribution in [1.29, 1.82) is 0 Å². The van der Waals surface area contributed by atoms with Gasteiger partial charge in [-0.2, -0.15) is 8.78 Å². The van der Waals surface area contributed by atoms with Gasteiger partial charge in [0.15, 0.2) is 11.5 Å². The molecule has 8 heteroatoms. The van der Waals surface area contributed by atoms with Crippen molar-refractivity contribution >= 4 is 5.91 Å². The lowest BCUT2D eigenvalue weighted by atomic mass is 10.1. The van der Waals surface area contributed by atoms with Gasteiger partial charge in [0.2, 0.25) is 5.75 Å². The molecule has 158 valence electrons. The number of hydrogen-bond donors (Lipinski definition) is 1. The van der Waals surface area contributed by atoms with Crippen LogP contribution in [0.3, 0.4) is 0 Å². The lowest BCUT2D eigenvalue weighted by Gasteiger charge is -2.17. The molecule has 0 unspecified atom stereocenters. The average molecular weight is 409 g/mol. The standard InChI is InChI=1S/C21H25F2NO5/c1-4-26-17-11-15(12-18(27-5-2)19(17)28-6-3)20(25)24-13-14-7-9-16(10-8-14)29-21(22)23/h7-12,21H,4-6,13H2,1-3H3,(H,24,25). The number of nitrogens with one attached hydrogen (secondary N) is 1. The first-order valence-corrected chi connectivity index (χ1v) is 9.36. The molecule has 0 saturated heterocycles. The fourth-order valence-corrected chi connectivity index (χ4v) is 2.59. The molecule has 2 aromatic carbocycles. The molecular formula is C21H25F2NO5. The molecule has 2 rings (SSSR count). The number of alkyl halides is 2. The number of amides is 1. The minimum absolute atomic E-state index is 0.0595. The van der Waals surface area contributed by atoms with Crippen LogP contribution in [0, 0.1) is 0 Å². The molecule has 0 aliphatic carbocycles. The number of carbonyl (C=O) groups is 1.